The van der Waals surface area contributed by atoms with E-state index >= 15 is 0 Å². The van der Waals surface area contributed by atoms with Gasteiger partial charge in [-0.25, -0.2) is 18.7 Å². The molecule has 0 saturated heterocycles. The number of rotatable bonds is 5. The number of aromatic nitrogens is 3. The number of aryl methyl sites for hydroxylation is 1. The molecule has 0 radical (unpaired) electrons. The Morgan fingerprint density at radius 2 is 1.86 bits per heavy atom. The van der Waals surface area contributed by atoms with E-state index in [-0.39, 0.29) is 12.3 Å². The van der Waals surface area contributed by atoms with Crippen LogP contribution in [-0.4, -0.2) is 26.9 Å². The van der Waals surface area contributed by atoms with Crippen molar-refractivity contribution in [2.75, 3.05) is 5.32 Å². The lowest BCUT2D eigenvalue weighted by Gasteiger charge is -2.08. The van der Waals surface area contributed by atoms with Crippen LogP contribution < -0.4 is 5.32 Å². The molecule has 0 spiro atoms. The normalized spacial score (nSPS) is 11.2. The Hall–Kier alpha value is -3.61. The number of carbonyl (C=O) groups is 1. The van der Waals surface area contributed by atoms with Gasteiger partial charge in [0.2, 0.25) is 6.43 Å². The number of halogens is 2. The van der Waals surface area contributed by atoms with Crippen molar-refractivity contribution in [3.8, 4) is 11.3 Å². The third kappa shape index (κ3) is 4.13. The predicted octanol–water partition coefficient (Wildman–Crippen LogP) is 4.70. The van der Waals surface area contributed by atoms with Crippen LogP contribution >= 0.6 is 0 Å². The van der Waals surface area contributed by atoms with E-state index in [1.54, 1.807) is 24.8 Å². The zero-order valence-electron chi connectivity index (χ0n) is 15.6. The lowest BCUT2D eigenvalue weighted by atomic mass is 10.1. The van der Waals surface area contributed by atoms with Gasteiger partial charge < -0.3 is 9.88 Å². The molecule has 2 aromatic heterocycles. The summed E-state index contributed by atoms with van der Waals surface area (Å²) in [4.78, 5) is 20.9. The molecule has 2 aromatic carbocycles. The van der Waals surface area contributed by atoms with Crippen LogP contribution in [0.2, 0.25) is 0 Å². The molecule has 0 aliphatic heterocycles. The van der Waals surface area contributed by atoms with Crippen LogP contribution in [0.3, 0.4) is 0 Å². The van der Waals surface area contributed by atoms with Gasteiger partial charge in [0.15, 0.2) is 0 Å². The zero-order chi connectivity index (χ0) is 20.4. The molecule has 0 bridgehead atoms. The summed E-state index contributed by atoms with van der Waals surface area (Å²) in [6.45, 7) is 0. The predicted molar refractivity (Wildman–Crippen MR) is 108 cm³/mol. The first-order valence-corrected chi connectivity index (χ1v) is 9.04. The molecule has 29 heavy (non-hydrogen) atoms. The molecule has 0 unspecified atom stereocenters. The molecule has 1 N–H and O–H groups in total. The number of pyridine rings is 1. The maximum Gasteiger partial charge on any atom is 0.256 e. The lowest BCUT2D eigenvalue weighted by Crippen LogP contribution is -2.13. The Morgan fingerprint density at radius 3 is 2.55 bits per heavy atom. The number of hydrogen-bond donors (Lipinski definition) is 1. The lowest BCUT2D eigenvalue weighted by molar-refractivity contribution is 0.102. The SMILES string of the molecule is Cn1cncc1-c1ccc2cnc(NC(=O)c3ccc(CC(F)F)cc3)cc2c1. The summed E-state index contributed by atoms with van der Waals surface area (Å²) in [5, 5.41) is 4.64. The minimum Gasteiger partial charge on any atom is -0.334 e. The number of alkyl halides is 2. The van der Waals surface area contributed by atoms with Crippen molar-refractivity contribution in [3.63, 3.8) is 0 Å². The number of nitrogens with zero attached hydrogens (tertiary/aromatic N) is 3. The van der Waals surface area contributed by atoms with Crippen LogP contribution in [0.25, 0.3) is 22.0 Å². The number of carbonyl (C=O) groups excluding carboxylic acids is 1. The van der Waals surface area contributed by atoms with Crippen molar-refractivity contribution in [1.29, 1.82) is 0 Å². The Balaban J connectivity index is 1.56. The maximum absolute atomic E-state index is 12.5. The van der Waals surface area contributed by atoms with E-state index in [0.29, 0.717) is 16.9 Å². The summed E-state index contributed by atoms with van der Waals surface area (Å²) in [7, 11) is 1.93. The third-order valence-corrected chi connectivity index (χ3v) is 4.68. The first-order chi connectivity index (χ1) is 14.0. The van der Waals surface area contributed by atoms with Gasteiger partial charge in [-0.05, 0) is 35.2 Å². The molecule has 5 nitrogen and oxygen atoms in total. The summed E-state index contributed by atoms with van der Waals surface area (Å²) in [5.74, 6) is 0.0737. The second kappa shape index (κ2) is 7.79. The van der Waals surface area contributed by atoms with Crippen LogP contribution in [-0.2, 0) is 13.5 Å². The van der Waals surface area contributed by atoms with E-state index in [1.165, 1.54) is 24.3 Å². The first-order valence-electron chi connectivity index (χ1n) is 9.04. The van der Waals surface area contributed by atoms with Crippen LogP contribution in [0.4, 0.5) is 14.6 Å². The summed E-state index contributed by atoms with van der Waals surface area (Å²) in [6, 6.07) is 13.9. The molecule has 1 amide bonds. The van der Waals surface area contributed by atoms with E-state index in [0.717, 1.165) is 22.0 Å². The van der Waals surface area contributed by atoms with Crippen molar-refractivity contribution >= 4 is 22.5 Å². The molecule has 0 aliphatic carbocycles. The molecule has 2 heterocycles. The molecule has 0 fully saturated rings. The van der Waals surface area contributed by atoms with Crippen molar-refractivity contribution in [3.05, 3.63) is 78.4 Å². The van der Waals surface area contributed by atoms with Gasteiger partial charge in [0.05, 0.1) is 18.2 Å². The monoisotopic (exact) mass is 392 g/mol. The smallest absolute Gasteiger partial charge is 0.256 e. The zero-order valence-corrected chi connectivity index (χ0v) is 15.6. The van der Waals surface area contributed by atoms with Crippen LogP contribution in [0.15, 0.2) is 67.3 Å². The highest BCUT2D eigenvalue weighted by atomic mass is 19.3. The first kappa shape index (κ1) is 18.7. The highest BCUT2D eigenvalue weighted by Crippen LogP contribution is 2.25. The van der Waals surface area contributed by atoms with Crippen molar-refractivity contribution < 1.29 is 13.6 Å². The fraction of sp³-hybridized carbons (Fsp3) is 0.136. The molecule has 0 aliphatic rings. The number of benzene rings is 2. The van der Waals surface area contributed by atoms with Crippen LogP contribution in [0.1, 0.15) is 15.9 Å². The summed E-state index contributed by atoms with van der Waals surface area (Å²) in [6.07, 6.45) is 2.50. The van der Waals surface area contributed by atoms with Gasteiger partial charge in [-0.3, -0.25) is 4.79 Å². The summed E-state index contributed by atoms with van der Waals surface area (Å²) >= 11 is 0. The molecular formula is C22H18F2N4O. The highest BCUT2D eigenvalue weighted by Gasteiger charge is 2.10. The molecule has 4 aromatic rings. The average Bonchev–Trinajstić information content (AvgIpc) is 3.13. The standard InChI is InChI=1S/C22H18F2N4O/c1-28-13-25-12-19(28)16-6-7-17-11-26-21(10-18(17)9-16)27-22(29)15-4-2-14(3-5-15)8-20(23)24/h2-7,9-13,20H,8H2,1H3,(H,26,27,29). The Morgan fingerprint density at radius 1 is 1.07 bits per heavy atom. The van der Waals surface area contributed by atoms with Crippen molar-refractivity contribution in [1.82, 2.24) is 14.5 Å². The Labute approximate surface area is 166 Å². The van der Waals surface area contributed by atoms with E-state index in [1.807, 2.05) is 29.8 Å². The summed E-state index contributed by atoms with van der Waals surface area (Å²) in [5.41, 5.74) is 2.87. The number of anilines is 1. The number of amides is 1. The van der Waals surface area contributed by atoms with E-state index in [9.17, 15) is 13.6 Å². The van der Waals surface area contributed by atoms with Gasteiger partial charge >= 0.3 is 0 Å². The minimum absolute atomic E-state index is 0.326. The van der Waals surface area contributed by atoms with Gasteiger partial charge in [-0.15, -0.1) is 0 Å². The second-order valence-electron chi connectivity index (χ2n) is 6.77. The molecule has 4 rings (SSSR count). The van der Waals surface area contributed by atoms with E-state index in [2.05, 4.69) is 15.3 Å². The fourth-order valence-electron chi connectivity index (χ4n) is 3.16. The summed E-state index contributed by atoms with van der Waals surface area (Å²) < 4.78 is 26.8. The second-order valence-corrected chi connectivity index (χ2v) is 6.77. The van der Waals surface area contributed by atoms with E-state index in [4.69, 9.17) is 0 Å². The van der Waals surface area contributed by atoms with Gasteiger partial charge in [-0.2, -0.15) is 0 Å². The maximum atomic E-state index is 12.5. The third-order valence-electron chi connectivity index (χ3n) is 4.68. The van der Waals surface area contributed by atoms with Crippen molar-refractivity contribution in [2.45, 2.75) is 12.8 Å². The quantitative estimate of drug-likeness (QED) is 0.536. The van der Waals surface area contributed by atoms with Gasteiger partial charge in [0.25, 0.3) is 5.91 Å². The van der Waals surface area contributed by atoms with Crippen LogP contribution in [0, 0.1) is 0 Å². The number of hydrogen-bond acceptors (Lipinski definition) is 3. The average molecular weight is 392 g/mol. The molecule has 0 atom stereocenters. The Kier molecular flexibility index (Phi) is 5.03. The van der Waals surface area contributed by atoms with Gasteiger partial charge in [0, 0.05) is 36.2 Å². The minimum atomic E-state index is -2.41. The number of fused-ring (bicyclic) bond motifs is 1. The Bertz CT molecular complexity index is 1170. The van der Waals surface area contributed by atoms with Gasteiger partial charge in [0.1, 0.15) is 5.82 Å². The van der Waals surface area contributed by atoms with Crippen molar-refractivity contribution in [2.24, 2.45) is 7.05 Å². The molecular weight excluding hydrogens is 374 g/mol. The topological polar surface area (TPSA) is 59.8 Å². The number of nitrogens with one attached hydrogen (secondary N) is 1. The number of imidazole rings is 1. The fourth-order valence-corrected chi connectivity index (χ4v) is 3.16. The highest BCUT2D eigenvalue weighted by molar-refractivity contribution is 6.04. The molecule has 146 valence electrons. The van der Waals surface area contributed by atoms with Crippen LogP contribution in [0.5, 0.6) is 0 Å². The van der Waals surface area contributed by atoms with E-state index < -0.39 is 6.43 Å². The molecule has 0 saturated carbocycles. The van der Waals surface area contributed by atoms with Gasteiger partial charge in [-0.1, -0.05) is 24.3 Å². The largest absolute Gasteiger partial charge is 0.334 e. The molecule has 7 heteroatoms.